The molecule has 0 spiro atoms. The maximum Gasteiger partial charge on any atom is 0.254 e. The molecule has 6 nitrogen and oxygen atoms in total. The minimum absolute atomic E-state index is 0.00593. The number of likely N-dealkylation sites (N-methyl/N-ethyl adjacent to an activating group) is 1. The van der Waals surface area contributed by atoms with Gasteiger partial charge in [0.2, 0.25) is 5.91 Å². The number of aromatic amines is 1. The molecule has 3 N–H and O–H groups in total. The third-order valence-electron chi connectivity index (χ3n) is 6.30. The Bertz CT molecular complexity index is 899. The molecule has 6 heteroatoms. The molecule has 1 aliphatic carbocycles. The Labute approximate surface area is 166 Å². The highest BCUT2D eigenvalue weighted by Gasteiger charge is 2.40. The van der Waals surface area contributed by atoms with Crippen molar-refractivity contribution in [1.82, 2.24) is 14.8 Å². The SMILES string of the molecule is CCN(CC)C(=O)[C@@H]1C[C@H](N)CN1C(=O)c1ccc2[nH]c3c(c2c1)CCCC3. The number of nitrogens with one attached hydrogen (secondary N) is 1. The van der Waals surface area contributed by atoms with Crippen molar-refractivity contribution in [3.05, 3.63) is 35.0 Å². The number of benzene rings is 1. The predicted octanol–water partition coefficient (Wildman–Crippen LogP) is 2.46. The Hall–Kier alpha value is -2.34. The van der Waals surface area contributed by atoms with E-state index in [1.165, 1.54) is 24.1 Å². The number of aromatic nitrogens is 1. The number of H-pyrrole nitrogens is 1. The normalized spacial score (nSPS) is 21.8. The van der Waals surface area contributed by atoms with Gasteiger partial charge in [0.25, 0.3) is 5.91 Å². The molecule has 2 amide bonds. The summed E-state index contributed by atoms with van der Waals surface area (Å²) in [5, 5.41) is 1.15. The molecule has 2 heterocycles. The third-order valence-corrected chi connectivity index (χ3v) is 6.30. The zero-order valence-electron chi connectivity index (χ0n) is 16.8. The maximum atomic E-state index is 13.3. The topological polar surface area (TPSA) is 82.4 Å². The van der Waals surface area contributed by atoms with Gasteiger partial charge in [-0.3, -0.25) is 9.59 Å². The average molecular weight is 383 g/mol. The van der Waals surface area contributed by atoms with Gasteiger partial charge in [-0.1, -0.05) is 0 Å². The van der Waals surface area contributed by atoms with Gasteiger partial charge < -0.3 is 20.5 Å². The highest BCUT2D eigenvalue weighted by molar-refractivity contribution is 6.01. The molecule has 0 bridgehead atoms. The number of hydrogen-bond donors (Lipinski definition) is 2. The molecule has 0 saturated carbocycles. The van der Waals surface area contributed by atoms with Crippen molar-refractivity contribution in [2.75, 3.05) is 19.6 Å². The minimum Gasteiger partial charge on any atom is -0.358 e. The molecule has 28 heavy (non-hydrogen) atoms. The molecule has 1 fully saturated rings. The van der Waals surface area contributed by atoms with Gasteiger partial charge in [-0.25, -0.2) is 0 Å². The molecule has 150 valence electrons. The molecule has 1 aromatic heterocycles. The highest BCUT2D eigenvalue weighted by Crippen LogP contribution is 2.30. The van der Waals surface area contributed by atoms with Crippen LogP contribution < -0.4 is 5.73 Å². The van der Waals surface area contributed by atoms with Gasteiger partial charge in [0.1, 0.15) is 6.04 Å². The summed E-state index contributed by atoms with van der Waals surface area (Å²) in [5.74, 6) is -0.0856. The van der Waals surface area contributed by atoms with Crippen molar-refractivity contribution >= 4 is 22.7 Å². The molecule has 0 radical (unpaired) electrons. The summed E-state index contributed by atoms with van der Waals surface area (Å²) >= 11 is 0. The van der Waals surface area contributed by atoms with Gasteiger partial charge in [-0.05, 0) is 69.7 Å². The molecular weight excluding hydrogens is 352 g/mol. The van der Waals surface area contributed by atoms with Gasteiger partial charge in [0.15, 0.2) is 0 Å². The monoisotopic (exact) mass is 382 g/mol. The molecule has 1 aromatic carbocycles. The fourth-order valence-electron chi connectivity index (χ4n) is 4.78. The van der Waals surface area contributed by atoms with Crippen LogP contribution in [0.5, 0.6) is 0 Å². The van der Waals surface area contributed by atoms with Crippen LogP contribution in [0.2, 0.25) is 0 Å². The molecular formula is C22H30N4O2. The first-order chi connectivity index (χ1) is 13.5. The second-order valence-electron chi connectivity index (χ2n) is 8.03. The van der Waals surface area contributed by atoms with Gasteiger partial charge >= 0.3 is 0 Å². The largest absolute Gasteiger partial charge is 0.358 e. The standard InChI is InChI=1S/C22H30N4O2/c1-3-25(4-2)22(28)20-12-15(23)13-26(20)21(27)14-9-10-19-17(11-14)16-7-5-6-8-18(16)24-19/h9-11,15,20,24H,3-8,12-13,23H2,1-2H3/t15-,20-/m0/s1. The lowest BCUT2D eigenvalue weighted by Crippen LogP contribution is -2.47. The fourth-order valence-corrected chi connectivity index (χ4v) is 4.78. The smallest absolute Gasteiger partial charge is 0.254 e. The summed E-state index contributed by atoms with van der Waals surface area (Å²) < 4.78 is 0. The summed E-state index contributed by atoms with van der Waals surface area (Å²) in [6.45, 7) is 5.64. The van der Waals surface area contributed by atoms with Crippen molar-refractivity contribution in [1.29, 1.82) is 0 Å². The summed E-state index contributed by atoms with van der Waals surface area (Å²) in [5.41, 5.74) is 10.5. The molecule has 0 unspecified atom stereocenters. The van der Waals surface area contributed by atoms with Crippen LogP contribution in [0, 0.1) is 0 Å². The Morgan fingerprint density at radius 2 is 1.96 bits per heavy atom. The Kier molecular flexibility index (Phi) is 5.15. The molecule has 2 aliphatic rings. The number of hydrogen-bond acceptors (Lipinski definition) is 3. The second kappa shape index (κ2) is 7.59. The number of likely N-dealkylation sites (tertiary alicyclic amines) is 1. The minimum atomic E-state index is -0.460. The number of carbonyl (C=O) groups is 2. The number of nitrogens with zero attached hydrogens (tertiary/aromatic N) is 2. The fraction of sp³-hybridized carbons (Fsp3) is 0.545. The number of fused-ring (bicyclic) bond motifs is 3. The number of amides is 2. The van der Waals surface area contributed by atoms with E-state index in [1.54, 1.807) is 9.80 Å². The van der Waals surface area contributed by atoms with E-state index in [9.17, 15) is 9.59 Å². The van der Waals surface area contributed by atoms with Crippen LogP contribution in [0.4, 0.5) is 0 Å². The van der Waals surface area contributed by atoms with E-state index in [2.05, 4.69) is 4.98 Å². The lowest BCUT2D eigenvalue weighted by atomic mass is 9.95. The van der Waals surface area contributed by atoms with E-state index < -0.39 is 6.04 Å². The first kappa shape index (κ1) is 19.0. The van der Waals surface area contributed by atoms with E-state index >= 15 is 0 Å². The quantitative estimate of drug-likeness (QED) is 0.852. The molecule has 4 rings (SSSR count). The third kappa shape index (κ3) is 3.20. The number of aryl methyl sites for hydroxylation is 2. The van der Waals surface area contributed by atoms with Crippen LogP contribution in [0.15, 0.2) is 18.2 Å². The van der Waals surface area contributed by atoms with Gasteiger partial charge in [-0.2, -0.15) is 0 Å². The first-order valence-electron chi connectivity index (χ1n) is 10.5. The van der Waals surface area contributed by atoms with Crippen molar-refractivity contribution in [3.63, 3.8) is 0 Å². The van der Waals surface area contributed by atoms with Crippen molar-refractivity contribution in [2.24, 2.45) is 5.73 Å². The van der Waals surface area contributed by atoms with Gasteiger partial charge in [-0.15, -0.1) is 0 Å². The number of carbonyl (C=O) groups excluding carboxylic acids is 2. The van der Waals surface area contributed by atoms with Crippen LogP contribution in [0.3, 0.4) is 0 Å². The van der Waals surface area contributed by atoms with E-state index in [-0.39, 0.29) is 17.9 Å². The Balaban J connectivity index is 1.64. The lowest BCUT2D eigenvalue weighted by molar-refractivity contribution is -0.134. The van der Waals surface area contributed by atoms with Crippen LogP contribution in [0.1, 0.15) is 54.7 Å². The second-order valence-corrected chi connectivity index (χ2v) is 8.03. The van der Waals surface area contributed by atoms with Gasteiger partial charge in [0, 0.05) is 47.8 Å². The Morgan fingerprint density at radius 1 is 1.21 bits per heavy atom. The summed E-state index contributed by atoms with van der Waals surface area (Å²) in [4.78, 5) is 33.2. The summed E-state index contributed by atoms with van der Waals surface area (Å²) in [6, 6.07) is 5.25. The molecule has 1 saturated heterocycles. The predicted molar refractivity (Wildman–Crippen MR) is 110 cm³/mol. The van der Waals surface area contributed by atoms with Crippen LogP contribution in [0.25, 0.3) is 10.9 Å². The maximum absolute atomic E-state index is 13.3. The Morgan fingerprint density at radius 3 is 2.71 bits per heavy atom. The lowest BCUT2D eigenvalue weighted by Gasteiger charge is -2.29. The van der Waals surface area contributed by atoms with Crippen molar-refractivity contribution in [2.45, 2.75) is 58.0 Å². The van der Waals surface area contributed by atoms with Gasteiger partial charge in [0.05, 0.1) is 0 Å². The van der Waals surface area contributed by atoms with Crippen LogP contribution in [-0.2, 0) is 17.6 Å². The average Bonchev–Trinajstić information content (AvgIpc) is 3.28. The van der Waals surface area contributed by atoms with Crippen molar-refractivity contribution in [3.8, 4) is 0 Å². The number of nitrogens with two attached hydrogens (primary N) is 1. The number of rotatable bonds is 4. The van der Waals surface area contributed by atoms with Crippen LogP contribution in [-0.4, -0.2) is 58.3 Å². The highest BCUT2D eigenvalue weighted by atomic mass is 16.2. The van der Waals surface area contributed by atoms with E-state index in [4.69, 9.17) is 5.73 Å². The summed E-state index contributed by atoms with van der Waals surface area (Å²) in [6.07, 6.45) is 5.08. The van der Waals surface area contributed by atoms with Crippen LogP contribution >= 0.6 is 0 Å². The molecule has 1 aliphatic heterocycles. The first-order valence-corrected chi connectivity index (χ1v) is 10.5. The van der Waals surface area contributed by atoms with E-state index in [0.717, 1.165) is 23.7 Å². The molecule has 2 aromatic rings. The summed E-state index contributed by atoms with van der Waals surface area (Å²) in [7, 11) is 0. The van der Waals surface area contributed by atoms with Crippen molar-refractivity contribution < 1.29 is 9.59 Å². The zero-order valence-corrected chi connectivity index (χ0v) is 16.8. The molecule has 2 atom stereocenters. The van der Waals surface area contributed by atoms with E-state index in [1.807, 2.05) is 32.0 Å². The zero-order chi connectivity index (χ0) is 19.8. The van der Waals surface area contributed by atoms with E-state index in [0.29, 0.717) is 31.6 Å².